The predicted octanol–water partition coefficient (Wildman–Crippen LogP) is 5.65. The molecule has 2 aromatic carbocycles. The van der Waals surface area contributed by atoms with Gasteiger partial charge in [-0.2, -0.15) is 0 Å². The second kappa shape index (κ2) is 11.7. The van der Waals surface area contributed by atoms with Gasteiger partial charge >= 0.3 is 17.7 Å². The number of esters is 1. The van der Waals surface area contributed by atoms with Gasteiger partial charge < -0.3 is 19.2 Å². The van der Waals surface area contributed by atoms with Crippen molar-refractivity contribution in [2.45, 2.75) is 52.7 Å². The zero-order valence-corrected chi connectivity index (χ0v) is 20.2. The highest BCUT2D eigenvalue weighted by Gasteiger charge is 2.29. The first-order valence-corrected chi connectivity index (χ1v) is 11.6. The Morgan fingerprint density at radius 1 is 1.12 bits per heavy atom. The van der Waals surface area contributed by atoms with Crippen LogP contribution in [0.25, 0.3) is 11.0 Å². The van der Waals surface area contributed by atoms with Crippen LogP contribution in [-0.2, 0) is 22.6 Å². The molecule has 0 radical (unpaired) electrons. The van der Waals surface area contributed by atoms with Crippen LogP contribution in [0.1, 0.15) is 44.7 Å². The topological polar surface area (TPSA) is 94.8 Å². The van der Waals surface area contributed by atoms with E-state index in [0.717, 1.165) is 17.5 Å². The minimum Gasteiger partial charge on any atom is -0.445 e. The Morgan fingerprint density at radius 3 is 2.53 bits per heavy atom. The summed E-state index contributed by atoms with van der Waals surface area (Å²) in [6.45, 7) is 5.80. The molecule has 1 aromatic heterocycles. The normalized spacial score (nSPS) is 12.7. The smallest absolute Gasteiger partial charge is 0.408 e. The predicted molar refractivity (Wildman–Crippen MR) is 130 cm³/mol. The zero-order chi connectivity index (χ0) is 24.7. The SMILES string of the molecule is CCCc1cc(=O)oc2cc(OC(=O)C(NC(=O)OCc3ccccc3)C(C)CC)c(Cl)cc12. The van der Waals surface area contributed by atoms with Gasteiger partial charge in [0, 0.05) is 17.5 Å². The molecule has 3 aromatic rings. The molecule has 8 heteroatoms. The van der Waals surface area contributed by atoms with Crippen LogP contribution in [-0.4, -0.2) is 18.1 Å². The molecule has 1 amide bonds. The number of aryl methyl sites for hydroxylation is 1. The van der Waals surface area contributed by atoms with Crippen LogP contribution >= 0.6 is 11.6 Å². The van der Waals surface area contributed by atoms with Crippen LogP contribution < -0.4 is 15.7 Å². The Labute approximate surface area is 203 Å². The van der Waals surface area contributed by atoms with E-state index in [2.05, 4.69) is 5.32 Å². The number of amides is 1. The molecule has 1 heterocycles. The summed E-state index contributed by atoms with van der Waals surface area (Å²) in [6, 6.07) is 12.7. The lowest BCUT2D eigenvalue weighted by atomic mass is 9.99. The third-order valence-electron chi connectivity index (χ3n) is 5.57. The molecule has 34 heavy (non-hydrogen) atoms. The number of hydrogen-bond donors (Lipinski definition) is 1. The first kappa shape index (κ1) is 25.3. The van der Waals surface area contributed by atoms with Gasteiger partial charge in [-0.1, -0.05) is 75.5 Å². The van der Waals surface area contributed by atoms with E-state index < -0.39 is 23.7 Å². The fraction of sp³-hybridized carbons (Fsp3) is 0.346. The number of halogens is 1. The first-order chi connectivity index (χ1) is 16.3. The van der Waals surface area contributed by atoms with Crippen LogP contribution in [0.2, 0.25) is 5.02 Å². The summed E-state index contributed by atoms with van der Waals surface area (Å²) in [5.74, 6) is -0.881. The minimum atomic E-state index is -0.960. The lowest BCUT2D eigenvalue weighted by molar-refractivity contribution is -0.138. The second-order valence-electron chi connectivity index (χ2n) is 8.11. The van der Waals surface area contributed by atoms with Gasteiger partial charge in [0.25, 0.3) is 0 Å². The van der Waals surface area contributed by atoms with Crippen molar-refractivity contribution in [3.63, 3.8) is 0 Å². The molecule has 3 rings (SSSR count). The number of ether oxygens (including phenoxy) is 2. The lowest BCUT2D eigenvalue weighted by Crippen LogP contribution is -2.47. The van der Waals surface area contributed by atoms with E-state index >= 15 is 0 Å². The minimum absolute atomic E-state index is 0.0451. The first-order valence-electron chi connectivity index (χ1n) is 11.3. The fourth-order valence-corrected chi connectivity index (χ4v) is 3.72. The summed E-state index contributed by atoms with van der Waals surface area (Å²) < 4.78 is 16.1. The number of hydrogen-bond acceptors (Lipinski definition) is 6. The highest BCUT2D eigenvalue weighted by molar-refractivity contribution is 6.33. The summed E-state index contributed by atoms with van der Waals surface area (Å²) >= 11 is 6.39. The molecule has 1 N–H and O–H groups in total. The van der Waals surface area contributed by atoms with E-state index in [1.54, 1.807) is 6.07 Å². The molecule has 0 bridgehead atoms. The molecular weight excluding hydrogens is 458 g/mol. The molecule has 0 aliphatic heterocycles. The monoisotopic (exact) mass is 485 g/mol. The van der Waals surface area contributed by atoms with Gasteiger partial charge in [-0.3, -0.25) is 0 Å². The maximum Gasteiger partial charge on any atom is 0.408 e. The number of carbonyl (C=O) groups is 2. The van der Waals surface area contributed by atoms with Crippen molar-refractivity contribution in [1.29, 1.82) is 0 Å². The van der Waals surface area contributed by atoms with Crippen LogP contribution in [0.3, 0.4) is 0 Å². The molecule has 180 valence electrons. The Balaban J connectivity index is 1.77. The van der Waals surface area contributed by atoms with E-state index in [1.807, 2.05) is 51.1 Å². The molecular formula is C26H28ClNO6. The standard InChI is InChI=1S/C26H28ClNO6/c1-4-9-18-12-23(29)33-21-14-22(20(27)13-19(18)21)34-25(30)24(16(3)5-2)28-26(31)32-15-17-10-7-6-8-11-17/h6-8,10-14,16,24H,4-5,9,15H2,1-3H3,(H,28,31). The average Bonchev–Trinajstić information content (AvgIpc) is 2.82. The average molecular weight is 486 g/mol. The summed E-state index contributed by atoms with van der Waals surface area (Å²) in [6.07, 6.45) is 1.41. The fourth-order valence-electron chi connectivity index (χ4n) is 3.52. The van der Waals surface area contributed by atoms with E-state index in [4.69, 9.17) is 25.5 Å². The van der Waals surface area contributed by atoms with E-state index in [9.17, 15) is 14.4 Å². The van der Waals surface area contributed by atoms with Crippen LogP contribution in [0.15, 0.2) is 57.7 Å². The number of alkyl carbamates (subject to hydrolysis) is 1. The summed E-state index contributed by atoms with van der Waals surface area (Å²) in [5, 5.41) is 3.48. The van der Waals surface area contributed by atoms with E-state index in [-0.39, 0.29) is 28.9 Å². The van der Waals surface area contributed by atoms with Gasteiger partial charge in [-0.25, -0.2) is 14.4 Å². The van der Waals surface area contributed by atoms with Gasteiger partial charge in [0.1, 0.15) is 18.2 Å². The Hall–Kier alpha value is -3.32. The van der Waals surface area contributed by atoms with Gasteiger partial charge in [0.2, 0.25) is 0 Å². The molecule has 2 atom stereocenters. The van der Waals surface area contributed by atoms with Crippen molar-refractivity contribution in [1.82, 2.24) is 5.32 Å². The third kappa shape index (κ3) is 6.38. The van der Waals surface area contributed by atoms with Crippen LogP contribution in [0, 0.1) is 5.92 Å². The van der Waals surface area contributed by atoms with Crippen molar-refractivity contribution in [3.05, 3.63) is 75.1 Å². The van der Waals surface area contributed by atoms with Crippen molar-refractivity contribution in [2.75, 3.05) is 0 Å². The zero-order valence-electron chi connectivity index (χ0n) is 19.4. The molecule has 2 unspecified atom stereocenters. The van der Waals surface area contributed by atoms with Gasteiger partial charge in [0.05, 0.1) is 5.02 Å². The molecule has 0 aliphatic carbocycles. The summed E-state index contributed by atoms with van der Waals surface area (Å²) in [4.78, 5) is 37.3. The van der Waals surface area contributed by atoms with Gasteiger partial charge in [-0.15, -0.1) is 0 Å². The largest absolute Gasteiger partial charge is 0.445 e. The molecule has 0 aliphatic rings. The Morgan fingerprint density at radius 2 is 1.85 bits per heavy atom. The van der Waals surface area contributed by atoms with E-state index in [1.165, 1.54) is 12.1 Å². The second-order valence-corrected chi connectivity index (χ2v) is 8.52. The number of nitrogens with one attached hydrogen (secondary N) is 1. The number of fused-ring (bicyclic) bond motifs is 1. The summed E-state index contributed by atoms with van der Waals surface area (Å²) in [7, 11) is 0. The number of carbonyl (C=O) groups excluding carboxylic acids is 2. The highest BCUT2D eigenvalue weighted by Crippen LogP contribution is 2.32. The molecule has 0 spiro atoms. The molecule has 0 saturated heterocycles. The number of rotatable bonds is 9. The molecule has 7 nitrogen and oxygen atoms in total. The van der Waals surface area contributed by atoms with E-state index in [0.29, 0.717) is 18.2 Å². The van der Waals surface area contributed by atoms with Crippen molar-refractivity contribution < 1.29 is 23.5 Å². The van der Waals surface area contributed by atoms with Crippen LogP contribution in [0.4, 0.5) is 4.79 Å². The van der Waals surface area contributed by atoms with Crippen molar-refractivity contribution >= 4 is 34.6 Å². The summed E-state index contributed by atoms with van der Waals surface area (Å²) in [5.41, 5.74) is 1.43. The molecule has 0 fully saturated rings. The number of benzene rings is 2. The van der Waals surface area contributed by atoms with Crippen molar-refractivity contribution in [2.24, 2.45) is 5.92 Å². The Kier molecular flexibility index (Phi) is 8.71. The lowest BCUT2D eigenvalue weighted by Gasteiger charge is -2.22. The van der Waals surface area contributed by atoms with Gasteiger partial charge in [-0.05, 0) is 29.5 Å². The third-order valence-corrected chi connectivity index (χ3v) is 5.86. The quantitative estimate of drug-likeness (QED) is 0.239. The maximum atomic E-state index is 13.0. The van der Waals surface area contributed by atoms with Crippen molar-refractivity contribution in [3.8, 4) is 5.75 Å². The Bertz CT molecular complexity index is 1210. The maximum absolute atomic E-state index is 13.0. The van der Waals surface area contributed by atoms with Crippen LogP contribution in [0.5, 0.6) is 5.75 Å². The van der Waals surface area contributed by atoms with Gasteiger partial charge in [0.15, 0.2) is 5.75 Å². The highest BCUT2D eigenvalue weighted by atomic mass is 35.5. The molecule has 0 saturated carbocycles.